The topological polar surface area (TPSA) is 340 Å². The number of β-lactam (4-membered cyclic amide) rings is 2. The van der Waals surface area contributed by atoms with E-state index in [-0.39, 0.29) is 57.4 Å². The lowest BCUT2D eigenvalue weighted by atomic mass is 9.88. The van der Waals surface area contributed by atoms with Crippen molar-refractivity contribution < 1.29 is 110 Å². The lowest BCUT2D eigenvalue weighted by molar-refractivity contribution is -0.154. The monoisotopic (exact) mass is 1420 g/mol. The number of hydrogen-bond donors (Lipinski definition) is 2. The molecule has 8 atom stereocenters. The Bertz CT molecular complexity index is 2530. The summed E-state index contributed by atoms with van der Waals surface area (Å²) in [6, 6.07) is 7.34. The molecule has 516 valence electrons. The highest BCUT2D eigenvalue weighted by Crippen LogP contribution is 2.47. The molecule has 30 heteroatoms. The summed E-state index contributed by atoms with van der Waals surface area (Å²) < 4.78 is 52.5. The fourth-order valence-electron chi connectivity index (χ4n) is 9.36. The zero-order valence-electron chi connectivity index (χ0n) is 56.1. The van der Waals surface area contributed by atoms with Crippen molar-refractivity contribution in [3.8, 4) is 0 Å². The number of alkyl halides is 2. The maximum atomic E-state index is 12.5. The number of carbonyl (C=O) groups excluding carboxylic acids is 12. The predicted octanol–water partition coefficient (Wildman–Crippen LogP) is 7.76. The fourth-order valence-corrected chi connectivity index (χ4v) is 10.3. The first-order valence-electron chi connectivity index (χ1n) is 29.4. The SMILES string of the molecule is CC.CC(C)(C)OC(=O)N1C2(CCC13CNC3=O)CNC2=O.CC(C)(C)OC(=O)OC(=O)OC(C)(C)C.COC(=O)C(Br)CCC(Br)C(=O)OC.COC(=O)C1CCC(C(=O)OC)N1C(=O)OC(C)(C)C.COC(=O)C1CCC(C(=O)OC)N1Cc1ccccc1. The lowest BCUT2D eigenvalue weighted by Crippen LogP contribution is -2.80. The Labute approximate surface area is 550 Å². The molecule has 8 unspecified atom stereocenters. The lowest BCUT2D eigenvalue weighted by Gasteiger charge is -2.52. The summed E-state index contributed by atoms with van der Waals surface area (Å²) in [6.07, 6.45) is 0.511. The highest BCUT2D eigenvalue weighted by atomic mass is 79.9. The number of nitrogens with one attached hydrogen (secondary N) is 2. The van der Waals surface area contributed by atoms with Gasteiger partial charge < -0.3 is 62.7 Å². The first-order valence-corrected chi connectivity index (χ1v) is 31.2. The maximum absolute atomic E-state index is 12.5. The number of likely N-dealkylation sites (tertiary alicyclic amines) is 3. The first-order chi connectivity index (χ1) is 42.1. The van der Waals surface area contributed by atoms with E-state index in [1.807, 2.05) is 49.1 Å². The maximum Gasteiger partial charge on any atom is 0.519 e. The second kappa shape index (κ2) is 36.4. The van der Waals surface area contributed by atoms with Crippen LogP contribution in [0.3, 0.4) is 0 Å². The molecule has 0 radical (unpaired) electrons. The summed E-state index contributed by atoms with van der Waals surface area (Å²) in [5.41, 5.74) is -3.53. The van der Waals surface area contributed by atoms with Crippen molar-refractivity contribution >= 4 is 104 Å². The Balaban J connectivity index is 0.000000569. The average molecular weight is 1430 g/mol. The number of methoxy groups -OCH3 is 6. The molecule has 5 aliphatic heterocycles. The van der Waals surface area contributed by atoms with Crippen LogP contribution in [0.1, 0.15) is 154 Å². The third-order valence-corrected chi connectivity index (χ3v) is 15.1. The summed E-state index contributed by atoms with van der Waals surface area (Å²) >= 11 is 6.31. The molecule has 6 rings (SSSR count). The minimum Gasteiger partial charge on any atom is -0.468 e. The van der Waals surface area contributed by atoms with Gasteiger partial charge in [-0.15, -0.1) is 0 Å². The van der Waals surface area contributed by atoms with Crippen LogP contribution in [0.4, 0.5) is 19.2 Å². The minimum atomic E-state index is -1.06. The number of carbonyl (C=O) groups is 12. The van der Waals surface area contributed by atoms with E-state index >= 15 is 0 Å². The second-order valence-corrected chi connectivity index (χ2v) is 26.9. The fraction of sp³-hybridized carbons (Fsp3) is 0.705. The van der Waals surface area contributed by atoms with E-state index in [9.17, 15) is 57.5 Å². The van der Waals surface area contributed by atoms with Gasteiger partial charge in [-0.3, -0.25) is 43.5 Å². The van der Waals surface area contributed by atoms with Gasteiger partial charge in [0.15, 0.2) is 0 Å². The highest BCUT2D eigenvalue weighted by Gasteiger charge is 2.70. The molecular weight excluding hydrogens is 1330 g/mol. The number of halogens is 2. The quantitative estimate of drug-likeness (QED) is 0.0702. The molecule has 5 saturated heterocycles. The Morgan fingerprint density at radius 2 is 0.813 bits per heavy atom. The van der Waals surface area contributed by atoms with Crippen molar-refractivity contribution in [1.82, 2.24) is 25.3 Å². The Morgan fingerprint density at radius 3 is 1.10 bits per heavy atom. The van der Waals surface area contributed by atoms with Gasteiger partial charge in [0, 0.05) is 6.54 Å². The Hall–Kier alpha value is -6.82. The molecule has 1 aromatic carbocycles. The van der Waals surface area contributed by atoms with E-state index < -0.39 is 82.0 Å². The van der Waals surface area contributed by atoms with Crippen LogP contribution in [0.15, 0.2) is 30.3 Å². The summed E-state index contributed by atoms with van der Waals surface area (Å²) in [7, 11) is 7.86. The molecule has 28 nitrogen and oxygen atoms in total. The number of ether oxygens (including phenoxy) is 11. The zero-order chi connectivity index (χ0) is 70.2. The largest absolute Gasteiger partial charge is 0.519 e. The van der Waals surface area contributed by atoms with Crippen molar-refractivity contribution in [1.29, 1.82) is 0 Å². The van der Waals surface area contributed by atoms with Crippen molar-refractivity contribution in [2.45, 2.75) is 222 Å². The molecular formula is C61H95Br2N5O23. The van der Waals surface area contributed by atoms with Crippen molar-refractivity contribution in [3.05, 3.63) is 35.9 Å². The smallest absolute Gasteiger partial charge is 0.468 e. The first kappa shape index (κ1) is 82.2. The molecule has 2 N–H and O–H groups in total. The number of amides is 4. The molecule has 1 aromatic rings. The van der Waals surface area contributed by atoms with Gasteiger partial charge in [0.2, 0.25) is 11.8 Å². The van der Waals surface area contributed by atoms with Gasteiger partial charge in [-0.2, -0.15) is 0 Å². The number of rotatable bonds is 11. The van der Waals surface area contributed by atoms with Gasteiger partial charge in [-0.1, -0.05) is 76.0 Å². The zero-order valence-corrected chi connectivity index (χ0v) is 59.3. The number of esters is 6. The minimum absolute atomic E-state index is 0.195. The van der Waals surface area contributed by atoms with Crippen LogP contribution < -0.4 is 10.6 Å². The predicted molar refractivity (Wildman–Crippen MR) is 334 cm³/mol. The van der Waals surface area contributed by atoms with E-state index in [1.165, 1.54) is 47.6 Å². The number of hydrogen-bond acceptors (Lipinski definition) is 24. The van der Waals surface area contributed by atoms with Crippen LogP contribution in [0.2, 0.25) is 0 Å². The van der Waals surface area contributed by atoms with E-state index in [2.05, 4.69) is 66.2 Å². The van der Waals surface area contributed by atoms with Crippen LogP contribution in [0.25, 0.3) is 0 Å². The highest BCUT2D eigenvalue weighted by molar-refractivity contribution is 9.10. The Kier molecular flexibility index (Phi) is 32.9. The van der Waals surface area contributed by atoms with Crippen LogP contribution in [0, 0.1) is 0 Å². The third kappa shape index (κ3) is 25.3. The van der Waals surface area contributed by atoms with E-state index in [0.717, 1.165) is 10.5 Å². The number of benzene rings is 1. The molecule has 0 aromatic heterocycles. The normalized spacial score (nSPS) is 21.9. The van der Waals surface area contributed by atoms with Gasteiger partial charge in [0.1, 0.15) is 67.3 Å². The molecule has 0 aliphatic carbocycles. The van der Waals surface area contributed by atoms with Crippen LogP contribution in [0.5, 0.6) is 0 Å². The van der Waals surface area contributed by atoms with Crippen molar-refractivity contribution in [2.75, 3.05) is 55.7 Å². The standard InChI is InChI=1S/C15H19NO4.C13H19N3O4.C13H21NO6.C10H18O5.C8H12Br2O4.C2H6/c1-19-14(17)12-8-9-13(15(18)20-2)16(12)10-11-6-4-3-5-7-11;1-11(2,3)20-10(19)16-12(6-14-8(12)17)4-5-13(16)7-15-9(13)18;1-13(2,3)20-12(17)14-8(10(15)18-4)6-7-9(14)11(16)19-5;1-9(2,3)14-7(11)13-8(12)15-10(4,5)6;1-13-7(11)5(9)3-4-6(10)8(12)14-2;1-2/h3-7,12-13H,8-10H2,1-2H3;4-7H2,1-3H3,(H,14,17)(H,15,18);8-9H,6-7H2,1-5H3;1-6H3;5-6H,3-4H2,1-2H3;1-2H3. The van der Waals surface area contributed by atoms with Crippen LogP contribution in [-0.2, 0) is 97.0 Å². The molecule has 91 heavy (non-hydrogen) atoms. The van der Waals surface area contributed by atoms with Crippen LogP contribution >= 0.6 is 31.9 Å². The summed E-state index contributed by atoms with van der Waals surface area (Å²) in [5.74, 6) is -2.80. The summed E-state index contributed by atoms with van der Waals surface area (Å²) in [4.78, 5) is 143. The van der Waals surface area contributed by atoms with Crippen molar-refractivity contribution in [2.24, 2.45) is 0 Å². The van der Waals surface area contributed by atoms with E-state index in [4.69, 9.17) is 28.4 Å². The third-order valence-electron chi connectivity index (χ3n) is 13.5. The van der Waals surface area contributed by atoms with Crippen molar-refractivity contribution in [3.63, 3.8) is 0 Å². The summed E-state index contributed by atoms with van der Waals surface area (Å²) in [5, 5.41) is 5.34. The number of nitrogens with zero attached hydrogens (tertiary/aromatic N) is 3. The van der Waals surface area contributed by atoms with Gasteiger partial charge in [-0.25, -0.2) is 28.8 Å². The second-order valence-electron chi connectivity index (χ2n) is 24.7. The van der Waals surface area contributed by atoms with Gasteiger partial charge >= 0.3 is 60.3 Å². The Morgan fingerprint density at radius 1 is 0.495 bits per heavy atom. The molecule has 4 amide bonds. The van der Waals surface area contributed by atoms with Gasteiger partial charge in [-0.05, 0) is 140 Å². The molecule has 0 bridgehead atoms. The van der Waals surface area contributed by atoms with Gasteiger partial charge in [0.25, 0.3) is 0 Å². The summed E-state index contributed by atoms with van der Waals surface area (Å²) in [6.45, 7) is 25.8. The average Bonchev–Trinajstić information content (AvgIpc) is 1.57. The van der Waals surface area contributed by atoms with E-state index in [0.29, 0.717) is 71.0 Å². The van der Waals surface area contributed by atoms with Crippen LogP contribution in [-0.4, -0.2) is 210 Å². The molecule has 0 saturated carbocycles. The molecule has 2 spiro atoms. The molecule has 5 fully saturated rings. The van der Waals surface area contributed by atoms with Gasteiger partial charge in [0.05, 0.1) is 55.7 Å². The van der Waals surface area contributed by atoms with E-state index in [1.54, 1.807) is 83.1 Å². The molecule has 5 heterocycles. The molecule has 5 aliphatic rings.